The summed E-state index contributed by atoms with van der Waals surface area (Å²) in [7, 11) is 0. The largest absolute Gasteiger partial charge is 0.503 e. The van der Waals surface area contributed by atoms with Gasteiger partial charge in [-0.05, 0) is 73.7 Å². The van der Waals surface area contributed by atoms with E-state index >= 15 is 0 Å². The third-order valence-electron chi connectivity index (χ3n) is 13.2. The van der Waals surface area contributed by atoms with E-state index in [0.717, 1.165) is 32.9 Å². The summed E-state index contributed by atoms with van der Waals surface area (Å²) in [5, 5.41) is 1.87. The molecule has 1 aliphatic rings. The van der Waals surface area contributed by atoms with Crippen LogP contribution < -0.4 is 13.9 Å². The molecule has 0 aliphatic carbocycles. The van der Waals surface area contributed by atoms with Gasteiger partial charge in [-0.25, -0.2) is 19.9 Å². The summed E-state index contributed by atoms with van der Waals surface area (Å²) in [6, 6.07) is 53.9. The summed E-state index contributed by atoms with van der Waals surface area (Å²) >= 11 is 0. The molecule has 3 aromatic heterocycles. The fourth-order valence-electron chi connectivity index (χ4n) is 9.61. The molecule has 0 atom stereocenters. The van der Waals surface area contributed by atoms with E-state index in [2.05, 4.69) is 28.8 Å². The van der Waals surface area contributed by atoms with E-state index in [1.807, 2.05) is 166 Å². The molecule has 12 aromatic rings. The Balaban J connectivity index is 1.07. The number of aromatic nitrogens is 5. The minimum Gasteiger partial charge on any atom is -0.456 e. The molecule has 0 saturated carbocycles. The van der Waals surface area contributed by atoms with Crippen molar-refractivity contribution in [3.63, 3.8) is 0 Å². The van der Waals surface area contributed by atoms with Gasteiger partial charge in [0, 0.05) is 52.4 Å². The molecule has 0 saturated heterocycles. The quantitative estimate of drug-likeness (QED) is 0.128. The van der Waals surface area contributed by atoms with Gasteiger partial charge < -0.3 is 4.74 Å². The van der Waals surface area contributed by atoms with Gasteiger partial charge in [0.2, 0.25) is 11.4 Å². The van der Waals surface area contributed by atoms with Crippen LogP contribution in [0.15, 0.2) is 243 Å². The first-order valence-corrected chi connectivity index (χ1v) is 24.4. The number of hydrogen-bond donors (Lipinski definition) is 0. The van der Waals surface area contributed by atoms with Crippen LogP contribution in [0.4, 0.5) is 22.7 Å². The van der Waals surface area contributed by atoms with Crippen molar-refractivity contribution in [3.05, 3.63) is 248 Å². The van der Waals surface area contributed by atoms with E-state index in [1.165, 1.54) is 0 Å². The molecule has 0 N–H and O–H groups in total. The average molecular weight is 978 g/mol. The Morgan fingerprint density at radius 2 is 1.08 bits per heavy atom. The van der Waals surface area contributed by atoms with Gasteiger partial charge in [-0.15, -0.1) is 0 Å². The molecule has 0 unspecified atom stereocenters. The number of nitrogens with zero attached hydrogens (tertiary/aromatic N) is 7. The molecular formula is C67H49N7O+2. The third-order valence-corrected chi connectivity index (χ3v) is 13.2. The highest BCUT2D eigenvalue weighted by atomic mass is 16.5. The first kappa shape index (κ1) is 35.3. The van der Waals surface area contributed by atoms with Crippen LogP contribution in [0.1, 0.15) is 40.0 Å². The summed E-state index contributed by atoms with van der Waals surface area (Å²) in [6.07, 6.45) is 1.76. The minimum atomic E-state index is -0.664. The van der Waals surface area contributed by atoms with E-state index in [1.54, 1.807) is 27.5 Å². The number of rotatable bonds is 10. The second-order valence-corrected chi connectivity index (χ2v) is 19.0. The second kappa shape index (κ2) is 18.6. The molecule has 1 aliphatic heterocycles. The van der Waals surface area contributed by atoms with Crippen LogP contribution in [0.3, 0.4) is 0 Å². The van der Waals surface area contributed by atoms with Crippen LogP contribution in [-0.4, -0.2) is 30.5 Å². The molecule has 13 rings (SSSR count). The Kier molecular flexibility index (Phi) is 8.76. The Morgan fingerprint density at radius 1 is 0.493 bits per heavy atom. The van der Waals surface area contributed by atoms with E-state index in [9.17, 15) is 5.48 Å². The first-order chi connectivity index (χ1) is 41.0. The number of hydrogen-bond acceptors (Lipinski definition) is 5. The molecule has 0 fully saturated rings. The van der Waals surface area contributed by atoms with Gasteiger partial charge >= 0.3 is 6.01 Å². The molecular weight excluding hydrogens is 919 g/mol. The van der Waals surface area contributed by atoms with Crippen molar-refractivity contribution in [2.75, 3.05) is 0 Å². The standard InChI is InChI=1S/C67H49N7O/c1-67(2,3)49-39-53(45-23-8-4-9-24-45)63(54(40-49)46-25-10-5-11-26-46)73-44-72(58-35-18-19-36-59(58)73)50-31-22-32-51(41-50)75-61-43-60-55(52-33-16-17-34-57(52)74(60)62-37-20-21-38-68-62)42-56(61)66-70-64(47-27-12-6-13-28-47)69-65(71-66)48-29-14-7-15-30-48/h4-43H,1-3H3/q+2/i4D,5D,8D,9D,10D,11D,23D,24D,25D,26D. The summed E-state index contributed by atoms with van der Waals surface area (Å²) < 4.78 is 103. The lowest BCUT2D eigenvalue weighted by molar-refractivity contribution is 0.484. The highest BCUT2D eigenvalue weighted by Gasteiger charge is 2.40. The average Bonchev–Trinajstić information content (AvgIpc) is 1.96. The Morgan fingerprint density at radius 3 is 1.71 bits per heavy atom. The summed E-state index contributed by atoms with van der Waals surface area (Å²) in [5.41, 5.74) is 5.72. The normalized spacial score (nSPS) is 14.0. The molecule has 0 radical (unpaired) electrons. The van der Waals surface area contributed by atoms with Crippen molar-refractivity contribution < 1.29 is 18.4 Å². The van der Waals surface area contributed by atoms with Gasteiger partial charge in [0.05, 0.1) is 47.5 Å². The molecule has 8 nitrogen and oxygen atoms in total. The lowest BCUT2D eigenvalue weighted by Crippen LogP contribution is -2.13. The molecule has 0 spiro atoms. The van der Waals surface area contributed by atoms with E-state index in [0.29, 0.717) is 63.0 Å². The highest BCUT2D eigenvalue weighted by molar-refractivity contribution is 6.11. The summed E-state index contributed by atoms with van der Waals surface area (Å²) in [6.45, 7) is 5.82. The molecule has 8 heteroatoms. The summed E-state index contributed by atoms with van der Waals surface area (Å²) in [5.74, 6) is 2.82. The first-order valence-electron chi connectivity index (χ1n) is 29.4. The van der Waals surface area contributed by atoms with Crippen LogP contribution >= 0.6 is 0 Å². The van der Waals surface area contributed by atoms with Crippen molar-refractivity contribution in [3.8, 4) is 73.7 Å². The lowest BCUT2D eigenvalue weighted by Gasteiger charge is -2.22. The van der Waals surface area contributed by atoms with Crippen molar-refractivity contribution in [1.29, 1.82) is 0 Å². The third kappa shape index (κ3) is 8.35. The SMILES string of the molecule is [2H]c1c([2H])c([2H])c(-c2cc(C(C)(C)C)cc(-c3c([2H])c([2H])c([2H])c([2H])c3[2H])c2[N+]2=C=[N+](c3cccc(Oc4cc5c(cc4-c4nc(-c6ccccc6)nc(-c6ccccc6)n4)c4ccccc4n5-c4ccccn4)c3)c3ccccc32)c([2H])c1[2H]. The minimum absolute atomic E-state index is 0.145. The number of ether oxygens (including phenoxy) is 1. The molecule has 4 heterocycles. The monoisotopic (exact) mass is 977 g/mol. The number of pyridine rings is 1. The van der Waals surface area contributed by atoms with Crippen molar-refractivity contribution in [2.24, 2.45) is 0 Å². The highest BCUT2D eigenvalue weighted by Crippen LogP contribution is 2.47. The predicted molar refractivity (Wildman–Crippen MR) is 305 cm³/mol. The van der Waals surface area contributed by atoms with Gasteiger partial charge in [0.15, 0.2) is 17.5 Å². The Hall–Kier alpha value is -9.88. The van der Waals surface area contributed by atoms with Crippen LogP contribution in [0.2, 0.25) is 0 Å². The van der Waals surface area contributed by atoms with Crippen molar-refractivity contribution >= 4 is 50.6 Å². The zero-order valence-electron chi connectivity index (χ0n) is 50.9. The maximum atomic E-state index is 9.35. The van der Waals surface area contributed by atoms with Crippen molar-refractivity contribution in [2.45, 2.75) is 26.2 Å². The van der Waals surface area contributed by atoms with Crippen LogP contribution in [-0.2, 0) is 5.41 Å². The summed E-state index contributed by atoms with van der Waals surface area (Å²) in [4.78, 5) is 20.1. The second-order valence-electron chi connectivity index (χ2n) is 19.0. The zero-order chi connectivity index (χ0) is 59.2. The number of benzene rings is 9. The predicted octanol–water partition coefficient (Wildman–Crippen LogP) is 16.6. The fourth-order valence-corrected chi connectivity index (χ4v) is 9.61. The maximum Gasteiger partial charge on any atom is 0.503 e. The van der Waals surface area contributed by atoms with Crippen LogP contribution in [0.25, 0.3) is 84.0 Å². The molecule has 0 amide bonds. The fraction of sp³-hybridized carbons (Fsp3) is 0.0597. The zero-order valence-corrected chi connectivity index (χ0v) is 40.9. The van der Waals surface area contributed by atoms with Gasteiger partial charge in [0.25, 0.3) is 11.4 Å². The molecule has 356 valence electrons. The Labute approximate surface area is 449 Å². The molecule has 9 aromatic carbocycles. The molecule has 75 heavy (non-hydrogen) atoms. The topological polar surface area (TPSA) is 71.7 Å². The van der Waals surface area contributed by atoms with Crippen LogP contribution in [0, 0.1) is 0 Å². The number of fused-ring (bicyclic) bond motifs is 4. The van der Waals surface area contributed by atoms with Gasteiger partial charge in [-0.3, -0.25) is 4.57 Å². The van der Waals surface area contributed by atoms with Crippen LogP contribution in [0.5, 0.6) is 11.5 Å². The van der Waals surface area contributed by atoms with E-state index in [-0.39, 0.29) is 27.9 Å². The number of para-hydroxylation sites is 3. The lowest BCUT2D eigenvalue weighted by atomic mass is 9.82. The van der Waals surface area contributed by atoms with Crippen molar-refractivity contribution in [1.82, 2.24) is 33.7 Å². The van der Waals surface area contributed by atoms with Gasteiger partial charge in [-0.1, -0.05) is 184 Å². The van der Waals surface area contributed by atoms with E-state index in [4.69, 9.17) is 32.9 Å². The molecule has 0 bridgehead atoms. The Bertz CT molecular complexity index is 4630. The van der Waals surface area contributed by atoms with Gasteiger partial charge in [0.1, 0.15) is 17.3 Å². The van der Waals surface area contributed by atoms with E-state index < -0.39 is 65.8 Å². The maximum absolute atomic E-state index is 9.35. The van der Waals surface area contributed by atoms with Gasteiger partial charge in [-0.2, -0.15) is 0 Å². The smallest absolute Gasteiger partial charge is 0.456 e.